The van der Waals surface area contributed by atoms with Crippen molar-refractivity contribution < 1.29 is 0 Å². The third-order valence-corrected chi connectivity index (χ3v) is 2.73. The molecule has 1 aromatic carbocycles. The summed E-state index contributed by atoms with van der Waals surface area (Å²) in [5.41, 5.74) is 4.91. The monoisotopic (exact) mass is 211 g/mol. The minimum atomic E-state index is 1.07. The van der Waals surface area contributed by atoms with Crippen LogP contribution in [0.15, 0.2) is 53.2 Å². The molecule has 0 saturated carbocycles. The summed E-state index contributed by atoms with van der Waals surface area (Å²) in [6.45, 7) is 4.12. The average Bonchev–Trinajstić information content (AvgIpc) is 2.26. The maximum atomic E-state index is 4.51. The Hall–Kier alpha value is -1.63. The van der Waals surface area contributed by atoms with Crippen molar-refractivity contribution in [2.45, 2.75) is 26.7 Å². The summed E-state index contributed by atoms with van der Waals surface area (Å²) in [6.07, 6.45) is 6.57. The van der Waals surface area contributed by atoms with E-state index in [4.69, 9.17) is 0 Å². The van der Waals surface area contributed by atoms with Crippen molar-refractivity contribution in [2.75, 3.05) is 0 Å². The summed E-state index contributed by atoms with van der Waals surface area (Å²) in [7, 11) is 0. The molecule has 0 aromatic heterocycles. The zero-order chi connectivity index (χ0) is 11.4. The fourth-order valence-electron chi connectivity index (χ4n) is 2.00. The van der Waals surface area contributed by atoms with Crippen molar-refractivity contribution >= 4 is 11.3 Å². The summed E-state index contributed by atoms with van der Waals surface area (Å²) in [5.74, 6) is 0. The number of benzene rings is 1. The first-order valence-electron chi connectivity index (χ1n) is 5.74. The molecule has 0 radical (unpaired) electrons. The van der Waals surface area contributed by atoms with Crippen LogP contribution in [0.3, 0.4) is 0 Å². The van der Waals surface area contributed by atoms with E-state index in [9.17, 15) is 0 Å². The summed E-state index contributed by atoms with van der Waals surface area (Å²) in [5, 5.41) is 0. The zero-order valence-electron chi connectivity index (χ0n) is 9.90. The Balaban J connectivity index is 2.34. The average molecular weight is 211 g/mol. The highest BCUT2D eigenvalue weighted by Crippen LogP contribution is 2.22. The largest absolute Gasteiger partial charge is 0.259 e. The molecule has 1 heteroatoms. The second kappa shape index (κ2) is 4.93. The lowest BCUT2D eigenvalue weighted by atomic mass is 9.98. The Kier molecular flexibility index (Phi) is 3.35. The van der Waals surface area contributed by atoms with E-state index in [-0.39, 0.29) is 0 Å². The van der Waals surface area contributed by atoms with Crippen LogP contribution in [0.5, 0.6) is 0 Å². The lowest BCUT2D eigenvalue weighted by Crippen LogP contribution is -1.94. The van der Waals surface area contributed by atoms with Gasteiger partial charge >= 0.3 is 0 Å². The highest BCUT2D eigenvalue weighted by atomic mass is 14.7. The molecule has 82 valence electrons. The van der Waals surface area contributed by atoms with E-state index < -0.39 is 0 Å². The highest BCUT2D eigenvalue weighted by Gasteiger charge is 2.03. The van der Waals surface area contributed by atoms with E-state index in [0.717, 1.165) is 24.3 Å². The van der Waals surface area contributed by atoms with Crippen LogP contribution in [0.4, 0.5) is 0 Å². The first-order chi connectivity index (χ1) is 7.75. The minimum absolute atomic E-state index is 1.07. The van der Waals surface area contributed by atoms with Gasteiger partial charge in [0, 0.05) is 11.4 Å². The fourth-order valence-corrected chi connectivity index (χ4v) is 2.00. The highest BCUT2D eigenvalue weighted by molar-refractivity contribution is 5.99. The van der Waals surface area contributed by atoms with E-state index >= 15 is 0 Å². The molecule has 0 bridgehead atoms. The van der Waals surface area contributed by atoms with Gasteiger partial charge in [0.2, 0.25) is 0 Å². The number of hydrogen-bond donors (Lipinski definition) is 0. The molecule has 1 nitrogen and oxygen atoms in total. The molecule has 0 unspecified atom stereocenters. The lowest BCUT2D eigenvalue weighted by Gasteiger charge is -2.09. The molecule has 1 heterocycles. The molecule has 0 saturated heterocycles. The van der Waals surface area contributed by atoms with Gasteiger partial charge in [-0.25, -0.2) is 0 Å². The molecule has 0 amide bonds. The van der Waals surface area contributed by atoms with E-state index in [0.29, 0.717) is 0 Å². The second-order valence-corrected chi connectivity index (χ2v) is 4.17. The van der Waals surface area contributed by atoms with Crippen molar-refractivity contribution in [3.05, 3.63) is 53.7 Å². The van der Waals surface area contributed by atoms with Gasteiger partial charge in [-0.05, 0) is 43.9 Å². The van der Waals surface area contributed by atoms with Gasteiger partial charge in [0.25, 0.3) is 0 Å². The van der Waals surface area contributed by atoms with Crippen LogP contribution in [-0.4, -0.2) is 5.71 Å². The smallest absolute Gasteiger partial charge is 0.0378 e. The molecule has 16 heavy (non-hydrogen) atoms. The van der Waals surface area contributed by atoms with Crippen molar-refractivity contribution in [3.8, 4) is 0 Å². The molecule has 0 spiro atoms. The number of aliphatic imine (C=N–C) groups is 1. The van der Waals surface area contributed by atoms with Gasteiger partial charge in [-0.1, -0.05) is 36.4 Å². The Bertz CT molecular complexity index is 450. The van der Waals surface area contributed by atoms with Crippen LogP contribution < -0.4 is 0 Å². The van der Waals surface area contributed by atoms with Crippen LogP contribution in [0, 0.1) is 0 Å². The van der Waals surface area contributed by atoms with E-state index in [2.05, 4.69) is 61.3 Å². The number of allylic oxidation sites excluding steroid dienone is 4. The van der Waals surface area contributed by atoms with Gasteiger partial charge in [-0.15, -0.1) is 0 Å². The predicted molar refractivity (Wildman–Crippen MR) is 70.5 cm³/mol. The quantitative estimate of drug-likeness (QED) is 0.659. The third-order valence-electron chi connectivity index (χ3n) is 2.73. The molecule has 0 fully saturated rings. The molecule has 2 rings (SSSR count). The number of nitrogens with zero attached hydrogens (tertiary/aromatic N) is 1. The van der Waals surface area contributed by atoms with Crippen molar-refractivity contribution in [3.63, 3.8) is 0 Å². The summed E-state index contributed by atoms with van der Waals surface area (Å²) in [6, 6.07) is 10.6. The van der Waals surface area contributed by atoms with Crippen LogP contribution in [-0.2, 0) is 0 Å². The van der Waals surface area contributed by atoms with Crippen molar-refractivity contribution in [2.24, 2.45) is 4.99 Å². The van der Waals surface area contributed by atoms with Crippen LogP contribution in [0.1, 0.15) is 32.3 Å². The van der Waals surface area contributed by atoms with Gasteiger partial charge < -0.3 is 0 Å². The maximum Gasteiger partial charge on any atom is 0.0378 e. The van der Waals surface area contributed by atoms with Gasteiger partial charge in [-0.3, -0.25) is 4.99 Å². The zero-order valence-corrected chi connectivity index (χ0v) is 9.90. The Labute approximate surface area is 97.2 Å². The van der Waals surface area contributed by atoms with Crippen LogP contribution in [0.25, 0.3) is 5.57 Å². The number of rotatable bonds is 1. The van der Waals surface area contributed by atoms with Crippen molar-refractivity contribution in [1.29, 1.82) is 0 Å². The Morgan fingerprint density at radius 2 is 1.81 bits per heavy atom. The second-order valence-electron chi connectivity index (χ2n) is 4.17. The normalized spacial score (nSPS) is 26.5. The molecular weight excluding hydrogens is 194 g/mol. The molecule has 1 aromatic rings. The topological polar surface area (TPSA) is 12.4 Å². The molecule has 1 aliphatic heterocycles. The molecular formula is C15H17N. The Morgan fingerprint density at radius 1 is 1.06 bits per heavy atom. The number of hydrogen-bond acceptors (Lipinski definition) is 1. The van der Waals surface area contributed by atoms with Gasteiger partial charge in [-0.2, -0.15) is 0 Å². The fraction of sp³-hybridized carbons (Fsp3) is 0.267. The minimum Gasteiger partial charge on any atom is -0.259 e. The summed E-state index contributed by atoms with van der Waals surface area (Å²) in [4.78, 5) is 4.51. The third kappa shape index (κ3) is 2.69. The molecule has 0 aliphatic carbocycles. The van der Waals surface area contributed by atoms with E-state index in [1.54, 1.807) is 0 Å². The van der Waals surface area contributed by atoms with Crippen LogP contribution in [0.2, 0.25) is 0 Å². The van der Waals surface area contributed by atoms with Crippen LogP contribution >= 0.6 is 0 Å². The predicted octanol–water partition coefficient (Wildman–Crippen LogP) is 4.23. The molecule has 0 atom stereocenters. The summed E-state index contributed by atoms with van der Waals surface area (Å²) >= 11 is 0. The van der Waals surface area contributed by atoms with Gasteiger partial charge in [0.05, 0.1) is 0 Å². The van der Waals surface area contributed by atoms with E-state index in [1.165, 1.54) is 11.1 Å². The Morgan fingerprint density at radius 3 is 2.56 bits per heavy atom. The van der Waals surface area contributed by atoms with Gasteiger partial charge in [0.1, 0.15) is 0 Å². The first kappa shape index (κ1) is 10.9. The van der Waals surface area contributed by atoms with Crippen molar-refractivity contribution in [1.82, 2.24) is 0 Å². The van der Waals surface area contributed by atoms with Gasteiger partial charge in [0.15, 0.2) is 0 Å². The molecule has 0 N–H and O–H groups in total. The van der Waals surface area contributed by atoms with E-state index in [1.807, 2.05) is 0 Å². The molecule has 1 aliphatic rings. The standard InChI is InChI=1S/C15H17N/c1-12-7-6-10-15(11-13(2)16-12)14-8-4-3-5-9-14/h3-5,7-9,11H,6,10H2,1-2H3/b12-7+,15-11+,16-13+. The first-order valence-corrected chi connectivity index (χ1v) is 5.74. The SMILES string of the molecule is CC1=C/CC\C(c2ccccc2)=C/C(C)=N/1. The lowest BCUT2D eigenvalue weighted by molar-refractivity contribution is 1.04. The maximum absolute atomic E-state index is 4.51. The summed E-state index contributed by atoms with van der Waals surface area (Å²) < 4.78 is 0.